The van der Waals surface area contributed by atoms with Crippen LogP contribution in [0.4, 0.5) is 5.69 Å². The fourth-order valence-electron chi connectivity index (χ4n) is 0.676. The first-order valence-electron chi connectivity index (χ1n) is 2.95. The quantitative estimate of drug-likeness (QED) is 0.488. The van der Waals surface area contributed by atoms with Crippen LogP contribution in [-0.4, -0.2) is 11.8 Å². The minimum absolute atomic E-state index is 0.477. The lowest BCUT2D eigenvalue weighted by atomic mass is 10.3. The van der Waals surface area contributed by atoms with Crippen LogP contribution in [0.3, 0.4) is 0 Å². The molecule has 0 spiro atoms. The predicted octanol–water partition coefficient (Wildman–Crippen LogP) is 0.941. The van der Waals surface area contributed by atoms with Crippen molar-refractivity contribution in [2.75, 3.05) is 11.8 Å². The van der Waals surface area contributed by atoms with Gasteiger partial charge in [0.2, 0.25) is 0 Å². The van der Waals surface area contributed by atoms with Gasteiger partial charge in [-0.15, -0.1) is 0 Å². The van der Waals surface area contributed by atoms with Gasteiger partial charge in [0.1, 0.15) is 6.73 Å². The van der Waals surface area contributed by atoms with E-state index in [1.165, 1.54) is 0 Å². The Morgan fingerprint density at radius 1 is 1.30 bits per heavy atom. The van der Waals surface area contributed by atoms with Crippen molar-refractivity contribution in [1.82, 2.24) is 0 Å². The smallest absolute Gasteiger partial charge is 0.105 e. The van der Waals surface area contributed by atoms with E-state index in [1.807, 2.05) is 6.07 Å². The number of nitrogens with zero attached hydrogens (tertiary/aromatic N) is 1. The van der Waals surface area contributed by atoms with Crippen molar-refractivity contribution in [2.45, 2.75) is 0 Å². The molecular formula is C7H8NO2-. The van der Waals surface area contributed by atoms with E-state index >= 15 is 0 Å². The molecule has 0 fully saturated rings. The van der Waals surface area contributed by atoms with Crippen LogP contribution in [0.25, 0.3) is 0 Å². The second-order valence-electron chi connectivity index (χ2n) is 1.86. The van der Waals surface area contributed by atoms with Crippen molar-refractivity contribution in [2.24, 2.45) is 0 Å². The third kappa shape index (κ3) is 1.46. The average Bonchev–Trinajstić information content (AvgIpc) is 2.05. The molecule has 0 saturated carbocycles. The van der Waals surface area contributed by atoms with Gasteiger partial charge in [0, 0.05) is 5.69 Å². The van der Waals surface area contributed by atoms with E-state index in [0.717, 1.165) is 0 Å². The third-order valence-corrected chi connectivity index (χ3v) is 1.17. The molecule has 0 heterocycles. The average molecular weight is 138 g/mol. The first kappa shape index (κ1) is 7.05. The summed E-state index contributed by atoms with van der Waals surface area (Å²) in [5, 5.41) is 19.6. The molecule has 0 aliphatic rings. The van der Waals surface area contributed by atoms with Crippen molar-refractivity contribution in [3.63, 3.8) is 0 Å². The van der Waals surface area contributed by atoms with Gasteiger partial charge < -0.3 is 15.4 Å². The van der Waals surface area contributed by atoms with E-state index in [1.54, 1.807) is 24.3 Å². The summed E-state index contributed by atoms with van der Waals surface area (Å²) >= 11 is 0. The maximum Gasteiger partial charge on any atom is 0.105 e. The van der Waals surface area contributed by atoms with E-state index in [2.05, 4.69) is 0 Å². The summed E-state index contributed by atoms with van der Waals surface area (Å²) in [6, 6.07) is 8.59. The van der Waals surface area contributed by atoms with Crippen LogP contribution in [0.5, 0.6) is 0 Å². The molecule has 0 bridgehead atoms. The number of benzene rings is 1. The van der Waals surface area contributed by atoms with Gasteiger partial charge in [-0.25, -0.2) is 0 Å². The summed E-state index contributed by atoms with van der Waals surface area (Å²) in [5.41, 5.74) is 0.477. The van der Waals surface area contributed by atoms with Crippen LogP contribution in [0.15, 0.2) is 30.3 Å². The van der Waals surface area contributed by atoms with Crippen LogP contribution >= 0.6 is 0 Å². The van der Waals surface area contributed by atoms with Gasteiger partial charge >= 0.3 is 0 Å². The van der Waals surface area contributed by atoms with Crippen LogP contribution in [-0.2, 0) is 0 Å². The summed E-state index contributed by atoms with van der Waals surface area (Å²) in [6.07, 6.45) is 0. The molecule has 3 nitrogen and oxygen atoms in total. The Morgan fingerprint density at radius 3 is 2.40 bits per heavy atom. The summed E-state index contributed by atoms with van der Waals surface area (Å²) in [7, 11) is 0. The Bertz CT molecular complexity index is 188. The first-order chi connectivity index (χ1) is 4.84. The Hall–Kier alpha value is -1.06. The molecule has 0 unspecified atom stereocenters. The summed E-state index contributed by atoms with van der Waals surface area (Å²) in [5.74, 6) is 0. The molecule has 1 N–H and O–H groups in total. The molecule has 0 aliphatic carbocycles. The zero-order chi connectivity index (χ0) is 7.40. The largest absolute Gasteiger partial charge is 0.757 e. The van der Waals surface area contributed by atoms with Crippen molar-refractivity contribution in [1.29, 1.82) is 0 Å². The van der Waals surface area contributed by atoms with Crippen LogP contribution in [0.1, 0.15) is 0 Å². The van der Waals surface area contributed by atoms with E-state index in [0.29, 0.717) is 10.8 Å². The summed E-state index contributed by atoms with van der Waals surface area (Å²) < 4.78 is 0. The molecule has 1 rings (SSSR count). The molecule has 1 aromatic rings. The topological polar surface area (TPSA) is 46.5 Å². The number of hydroxylamine groups is 1. The molecule has 3 heteroatoms. The van der Waals surface area contributed by atoms with Crippen molar-refractivity contribution in [3.05, 3.63) is 35.5 Å². The van der Waals surface area contributed by atoms with Gasteiger partial charge in [0.25, 0.3) is 0 Å². The molecule has 54 valence electrons. The van der Waals surface area contributed by atoms with Crippen LogP contribution in [0, 0.1) is 5.21 Å². The van der Waals surface area contributed by atoms with Crippen molar-refractivity contribution in [3.8, 4) is 0 Å². The Kier molecular flexibility index (Phi) is 2.25. The molecule has 0 radical (unpaired) electrons. The number of rotatable bonds is 2. The third-order valence-electron chi connectivity index (χ3n) is 1.17. The summed E-state index contributed by atoms with van der Waals surface area (Å²) in [6.45, 7) is -0.496. The molecule has 0 amide bonds. The highest BCUT2D eigenvalue weighted by Crippen LogP contribution is 2.09. The van der Waals surface area contributed by atoms with E-state index in [4.69, 9.17) is 5.11 Å². The Morgan fingerprint density at radius 2 is 1.90 bits per heavy atom. The predicted molar refractivity (Wildman–Crippen MR) is 39.4 cm³/mol. The van der Waals surface area contributed by atoms with Gasteiger partial charge in [0.05, 0.1) is 0 Å². The number of aliphatic hydroxyl groups is 1. The van der Waals surface area contributed by atoms with Gasteiger partial charge in [-0.3, -0.25) is 0 Å². The van der Waals surface area contributed by atoms with Crippen molar-refractivity contribution >= 4 is 5.69 Å². The molecule has 1 aromatic carbocycles. The zero-order valence-electron chi connectivity index (χ0n) is 5.40. The minimum atomic E-state index is -0.496. The van der Waals surface area contributed by atoms with Crippen LogP contribution < -0.4 is 5.06 Å². The van der Waals surface area contributed by atoms with Gasteiger partial charge in [-0.05, 0) is 12.1 Å². The number of aliphatic hydroxyl groups excluding tert-OH is 1. The monoisotopic (exact) mass is 138 g/mol. The van der Waals surface area contributed by atoms with E-state index in [-0.39, 0.29) is 0 Å². The molecule has 0 saturated heterocycles. The van der Waals surface area contributed by atoms with E-state index in [9.17, 15) is 5.21 Å². The van der Waals surface area contributed by atoms with Crippen molar-refractivity contribution < 1.29 is 5.11 Å². The van der Waals surface area contributed by atoms with Crippen LogP contribution in [0.2, 0.25) is 0 Å². The highest BCUT2D eigenvalue weighted by molar-refractivity contribution is 5.45. The Labute approximate surface area is 59.1 Å². The standard InChI is InChI=1S/C7H8NO2/c9-6-8(10)7-4-2-1-3-5-7/h1-5,9H,6H2/q-1. The second kappa shape index (κ2) is 3.20. The second-order valence-corrected chi connectivity index (χ2v) is 1.86. The molecule has 0 aliphatic heterocycles. The lowest BCUT2D eigenvalue weighted by molar-refractivity contribution is 0.303. The van der Waals surface area contributed by atoms with Gasteiger partial charge in [-0.2, -0.15) is 0 Å². The molecule has 0 aromatic heterocycles. The number of hydrogen-bond donors (Lipinski definition) is 1. The number of para-hydroxylation sites is 1. The highest BCUT2D eigenvalue weighted by atomic mass is 16.5. The maximum atomic E-state index is 10.7. The number of hydrogen-bond acceptors (Lipinski definition) is 3. The fourth-order valence-corrected chi connectivity index (χ4v) is 0.676. The molecule has 0 atom stereocenters. The lowest BCUT2D eigenvalue weighted by Crippen LogP contribution is -2.14. The molecule has 10 heavy (non-hydrogen) atoms. The maximum absolute atomic E-state index is 10.7. The number of anilines is 1. The molecular weight excluding hydrogens is 130 g/mol. The zero-order valence-corrected chi connectivity index (χ0v) is 5.40. The first-order valence-corrected chi connectivity index (χ1v) is 2.95. The SMILES string of the molecule is [O-]N(CO)c1ccccc1. The highest BCUT2D eigenvalue weighted by Gasteiger charge is 1.87. The normalized spacial score (nSPS) is 9.40. The van der Waals surface area contributed by atoms with Gasteiger partial charge in [-0.1, -0.05) is 18.2 Å². The van der Waals surface area contributed by atoms with E-state index < -0.39 is 6.73 Å². The minimum Gasteiger partial charge on any atom is -0.757 e. The fraction of sp³-hybridized carbons (Fsp3) is 0.143. The van der Waals surface area contributed by atoms with Gasteiger partial charge in [0.15, 0.2) is 0 Å². The lowest BCUT2D eigenvalue weighted by Gasteiger charge is -2.27. The Balaban J connectivity index is 2.75. The summed E-state index contributed by atoms with van der Waals surface area (Å²) in [4.78, 5) is 0.